The number of hydrogen-bond donors (Lipinski definition) is 1. The Kier molecular flexibility index (Phi) is 5.27. The summed E-state index contributed by atoms with van der Waals surface area (Å²) >= 11 is 0. The monoisotopic (exact) mass is 350 g/mol. The molecule has 1 atom stereocenters. The second-order valence-electron chi connectivity index (χ2n) is 6.23. The predicted molar refractivity (Wildman–Crippen MR) is 89.8 cm³/mol. The molecule has 1 aromatic carbocycles. The van der Waals surface area contributed by atoms with Gasteiger partial charge in [-0.1, -0.05) is 35.5 Å². The Bertz CT molecular complexity index is 761. The zero-order valence-corrected chi connectivity index (χ0v) is 14.5. The van der Waals surface area contributed by atoms with Crippen LogP contribution in [-0.4, -0.2) is 48.8 Å². The highest BCUT2D eigenvalue weighted by molar-refractivity contribution is 7.88. The summed E-state index contributed by atoms with van der Waals surface area (Å²) in [4.78, 5) is 6.59. The lowest BCUT2D eigenvalue weighted by molar-refractivity contribution is 0.173. The quantitative estimate of drug-likeness (QED) is 0.841. The largest absolute Gasteiger partial charge is 0.338 e. The van der Waals surface area contributed by atoms with Gasteiger partial charge in [-0.3, -0.25) is 4.90 Å². The van der Waals surface area contributed by atoms with Crippen molar-refractivity contribution < 1.29 is 12.9 Å². The maximum Gasteiger partial charge on any atom is 0.240 e. The molecule has 8 heteroatoms. The van der Waals surface area contributed by atoms with Gasteiger partial charge in [0.1, 0.15) is 0 Å². The van der Waals surface area contributed by atoms with E-state index in [1.807, 2.05) is 30.3 Å². The molecule has 1 aliphatic heterocycles. The number of aromatic nitrogens is 2. The maximum absolute atomic E-state index is 11.4. The molecule has 0 amide bonds. The first-order chi connectivity index (χ1) is 11.5. The van der Waals surface area contributed by atoms with Crippen LogP contribution in [0.1, 0.15) is 30.1 Å². The lowest BCUT2D eigenvalue weighted by Crippen LogP contribution is -2.47. The maximum atomic E-state index is 11.4. The molecule has 2 aromatic rings. The minimum Gasteiger partial charge on any atom is -0.338 e. The Hall–Kier alpha value is -1.77. The third-order valence-electron chi connectivity index (χ3n) is 3.96. The van der Waals surface area contributed by atoms with Gasteiger partial charge in [-0.05, 0) is 24.9 Å². The molecule has 1 fully saturated rings. The average molecular weight is 350 g/mol. The standard InChI is InChI=1S/C16H22N4O3S/c1-24(21,22)19-14-8-5-9-20(11-14)12-16-17-15(18-23-16)10-13-6-3-2-4-7-13/h2-4,6-7,14,19H,5,8-12H2,1H3/t14-/m1/s1. The second kappa shape index (κ2) is 7.42. The molecule has 1 aliphatic rings. The molecule has 0 bridgehead atoms. The number of nitrogens with one attached hydrogen (secondary N) is 1. The minimum atomic E-state index is -3.18. The van der Waals surface area contributed by atoms with E-state index >= 15 is 0 Å². The van der Waals surface area contributed by atoms with Gasteiger partial charge in [0.05, 0.1) is 12.8 Å². The van der Waals surface area contributed by atoms with Crippen molar-refractivity contribution in [1.82, 2.24) is 19.8 Å². The first-order valence-electron chi connectivity index (χ1n) is 8.03. The molecule has 3 rings (SSSR count). The zero-order chi connectivity index (χ0) is 17.0. The van der Waals surface area contributed by atoms with E-state index in [9.17, 15) is 8.42 Å². The van der Waals surface area contributed by atoms with Gasteiger partial charge in [0.15, 0.2) is 5.82 Å². The summed E-state index contributed by atoms with van der Waals surface area (Å²) < 4.78 is 30.8. The lowest BCUT2D eigenvalue weighted by atomic mass is 10.1. The van der Waals surface area contributed by atoms with E-state index in [1.165, 1.54) is 6.26 Å². The van der Waals surface area contributed by atoms with Crippen LogP contribution in [0.3, 0.4) is 0 Å². The average Bonchev–Trinajstić information content (AvgIpc) is 2.94. The summed E-state index contributed by atoms with van der Waals surface area (Å²) in [5.41, 5.74) is 1.14. The van der Waals surface area contributed by atoms with Crippen molar-refractivity contribution in [1.29, 1.82) is 0 Å². The molecular formula is C16H22N4O3S. The van der Waals surface area contributed by atoms with Gasteiger partial charge >= 0.3 is 0 Å². The third-order valence-corrected chi connectivity index (χ3v) is 4.72. The highest BCUT2D eigenvalue weighted by Gasteiger charge is 2.23. The molecule has 2 heterocycles. The van der Waals surface area contributed by atoms with E-state index in [1.54, 1.807) is 0 Å². The van der Waals surface area contributed by atoms with Crippen molar-refractivity contribution in [2.75, 3.05) is 19.3 Å². The molecule has 1 aromatic heterocycles. The zero-order valence-electron chi connectivity index (χ0n) is 13.7. The normalized spacial score (nSPS) is 19.5. The van der Waals surface area contributed by atoms with Crippen molar-refractivity contribution in [3.05, 3.63) is 47.6 Å². The van der Waals surface area contributed by atoms with Crippen LogP contribution in [0, 0.1) is 0 Å². The Balaban J connectivity index is 1.56. The van der Waals surface area contributed by atoms with Crippen LogP contribution in [0.5, 0.6) is 0 Å². The number of benzene rings is 1. The Labute approximate surface area is 142 Å². The molecule has 0 aliphatic carbocycles. The molecule has 1 saturated heterocycles. The SMILES string of the molecule is CS(=O)(=O)N[C@@H]1CCCN(Cc2nc(Cc3ccccc3)no2)C1. The molecule has 0 unspecified atom stereocenters. The van der Waals surface area contributed by atoms with Gasteiger partial charge in [0, 0.05) is 19.0 Å². The van der Waals surface area contributed by atoms with Crippen molar-refractivity contribution in [3.63, 3.8) is 0 Å². The number of hydrogen-bond acceptors (Lipinski definition) is 6. The molecule has 0 radical (unpaired) electrons. The number of piperidine rings is 1. The summed E-state index contributed by atoms with van der Waals surface area (Å²) in [6.07, 6.45) is 3.63. The highest BCUT2D eigenvalue weighted by Crippen LogP contribution is 2.14. The molecule has 0 saturated carbocycles. The molecule has 0 spiro atoms. The van der Waals surface area contributed by atoms with Crippen molar-refractivity contribution in [2.45, 2.75) is 31.8 Å². The summed E-state index contributed by atoms with van der Waals surface area (Å²) in [5, 5.41) is 4.03. The van der Waals surface area contributed by atoms with E-state index in [4.69, 9.17) is 4.52 Å². The van der Waals surface area contributed by atoms with Crippen molar-refractivity contribution in [2.24, 2.45) is 0 Å². The van der Waals surface area contributed by atoms with Gasteiger partial charge < -0.3 is 4.52 Å². The molecule has 24 heavy (non-hydrogen) atoms. The third kappa shape index (κ3) is 5.12. The lowest BCUT2D eigenvalue weighted by Gasteiger charge is -2.31. The molecular weight excluding hydrogens is 328 g/mol. The summed E-state index contributed by atoms with van der Waals surface area (Å²) in [5.74, 6) is 1.24. The van der Waals surface area contributed by atoms with Gasteiger partial charge in [0.25, 0.3) is 0 Å². The van der Waals surface area contributed by atoms with Gasteiger partial charge in [-0.15, -0.1) is 0 Å². The van der Waals surface area contributed by atoms with Crippen LogP contribution in [0.4, 0.5) is 0 Å². The van der Waals surface area contributed by atoms with E-state index < -0.39 is 10.0 Å². The number of nitrogens with zero attached hydrogens (tertiary/aromatic N) is 3. The molecule has 130 valence electrons. The molecule has 7 nitrogen and oxygen atoms in total. The van der Waals surface area contributed by atoms with E-state index in [2.05, 4.69) is 19.8 Å². The van der Waals surface area contributed by atoms with Gasteiger partial charge in [-0.2, -0.15) is 4.98 Å². The van der Waals surface area contributed by atoms with E-state index in [-0.39, 0.29) is 6.04 Å². The Morgan fingerprint density at radius 2 is 2.12 bits per heavy atom. The number of likely N-dealkylation sites (tertiary alicyclic amines) is 1. The van der Waals surface area contributed by atoms with Crippen LogP contribution in [0.15, 0.2) is 34.9 Å². The predicted octanol–water partition coefficient (Wildman–Crippen LogP) is 1.17. The second-order valence-corrected chi connectivity index (χ2v) is 8.01. The smallest absolute Gasteiger partial charge is 0.240 e. The number of sulfonamides is 1. The fourth-order valence-electron chi connectivity index (χ4n) is 2.99. The van der Waals surface area contributed by atoms with Crippen LogP contribution in [-0.2, 0) is 23.0 Å². The summed E-state index contributed by atoms with van der Waals surface area (Å²) in [6, 6.07) is 9.95. The fraction of sp³-hybridized carbons (Fsp3) is 0.500. The highest BCUT2D eigenvalue weighted by atomic mass is 32.2. The first-order valence-corrected chi connectivity index (χ1v) is 9.92. The topological polar surface area (TPSA) is 88.3 Å². The van der Waals surface area contributed by atoms with Crippen LogP contribution in [0.25, 0.3) is 0 Å². The van der Waals surface area contributed by atoms with Crippen molar-refractivity contribution in [3.8, 4) is 0 Å². The summed E-state index contributed by atoms with van der Waals surface area (Å²) in [6.45, 7) is 2.10. The minimum absolute atomic E-state index is 0.0551. The summed E-state index contributed by atoms with van der Waals surface area (Å²) in [7, 11) is -3.18. The Morgan fingerprint density at radius 3 is 2.88 bits per heavy atom. The van der Waals surface area contributed by atoms with Gasteiger partial charge in [-0.25, -0.2) is 13.1 Å². The van der Waals surface area contributed by atoms with E-state index in [0.29, 0.717) is 31.2 Å². The van der Waals surface area contributed by atoms with Crippen LogP contribution >= 0.6 is 0 Å². The van der Waals surface area contributed by atoms with Crippen LogP contribution in [0.2, 0.25) is 0 Å². The van der Waals surface area contributed by atoms with Gasteiger partial charge in [0.2, 0.25) is 15.9 Å². The van der Waals surface area contributed by atoms with E-state index in [0.717, 1.165) is 24.9 Å². The Morgan fingerprint density at radius 1 is 1.33 bits per heavy atom. The molecule has 1 N–H and O–H groups in total. The first kappa shape index (κ1) is 17.1. The van der Waals surface area contributed by atoms with Crippen molar-refractivity contribution >= 4 is 10.0 Å². The number of rotatable bonds is 6. The van der Waals surface area contributed by atoms with Crippen LogP contribution < -0.4 is 4.72 Å². The fourth-order valence-corrected chi connectivity index (χ4v) is 3.79.